The first-order chi connectivity index (χ1) is 8.61. The van der Waals surface area contributed by atoms with Crippen LogP contribution in [0.3, 0.4) is 0 Å². The van der Waals surface area contributed by atoms with Crippen LogP contribution in [-0.4, -0.2) is 27.0 Å². The van der Waals surface area contributed by atoms with Crippen molar-refractivity contribution >= 4 is 0 Å². The summed E-state index contributed by atoms with van der Waals surface area (Å²) in [5, 5.41) is 22.8. The Bertz CT molecular complexity index is 539. The summed E-state index contributed by atoms with van der Waals surface area (Å²) >= 11 is 0. The van der Waals surface area contributed by atoms with E-state index in [4.69, 9.17) is 9.26 Å². The zero-order valence-electron chi connectivity index (χ0n) is 10.1. The van der Waals surface area contributed by atoms with Crippen LogP contribution in [0.25, 0.3) is 11.5 Å². The van der Waals surface area contributed by atoms with E-state index in [0.29, 0.717) is 12.4 Å². The summed E-state index contributed by atoms with van der Waals surface area (Å²) in [6.07, 6.45) is -0.285. The summed E-state index contributed by atoms with van der Waals surface area (Å²) in [5.74, 6) is 0.520. The molecule has 1 heterocycles. The largest absolute Gasteiger partial charge is 0.508 e. The molecule has 1 aromatic carbocycles. The molecule has 2 rings (SSSR count). The van der Waals surface area contributed by atoms with Gasteiger partial charge in [0.15, 0.2) is 0 Å². The Hall–Kier alpha value is -2.08. The zero-order chi connectivity index (χ0) is 13.1. The molecule has 0 amide bonds. The maximum Gasteiger partial charge on any atom is 0.261 e. The summed E-state index contributed by atoms with van der Waals surface area (Å²) in [6, 6.07) is 4.09. The maximum atomic E-state index is 9.67. The van der Waals surface area contributed by atoms with Crippen LogP contribution in [-0.2, 0) is 4.74 Å². The number of hydrogen-bond acceptors (Lipinski definition) is 6. The third-order valence-electron chi connectivity index (χ3n) is 2.43. The summed E-state index contributed by atoms with van der Waals surface area (Å²) in [5.41, 5.74) is 0.289. The molecule has 0 fully saturated rings. The van der Waals surface area contributed by atoms with Gasteiger partial charge in [0.25, 0.3) is 5.89 Å². The summed E-state index contributed by atoms with van der Waals surface area (Å²) in [7, 11) is 0. The molecule has 1 atom stereocenters. The molecule has 6 nitrogen and oxygen atoms in total. The molecule has 0 spiro atoms. The lowest BCUT2D eigenvalue weighted by Gasteiger charge is -2.04. The number of rotatable bonds is 4. The molecule has 1 unspecified atom stereocenters. The third-order valence-corrected chi connectivity index (χ3v) is 2.43. The molecule has 0 aliphatic heterocycles. The fourth-order valence-corrected chi connectivity index (χ4v) is 1.53. The van der Waals surface area contributed by atoms with E-state index in [1.165, 1.54) is 18.2 Å². The first-order valence-electron chi connectivity index (χ1n) is 5.59. The number of aromatic nitrogens is 2. The standard InChI is InChI=1S/C12H14N2O4/c1-3-17-7(2)11-13-12(18-14-11)9-6-8(15)4-5-10(9)16/h4-7,15-16H,3H2,1-2H3. The number of benzene rings is 1. The normalized spacial score (nSPS) is 12.6. The van der Waals surface area contributed by atoms with Crippen LogP contribution in [0.1, 0.15) is 25.8 Å². The highest BCUT2D eigenvalue weighted by molar-refractivity contribution is 5.64. The van der Waals surface area contributed by atoms with Crippen molar-refractivity contribution in [2.24, 2.45) is 0 Å². The van der Waals surface area contributed by atoms with E-state index in [1.807, 2.05) is 6.92 Å². The molecular weight excluding hydrogens is 236 g/mol. The SMILES string of the molecule is CCOC(C)c1noc(-c2cc(O)ccc2O)n1. The highest BCUT2D eigenvalue weighted by Crippen LogP contribution is 2.31. The second kappa shape index (κ2) is 5.05. The topological polar surface area (TPSA) is 88.6 Å². The van der Waals surface area contributed by atoms with Crippen molar-refractivity contribution in [3.63, 3.8) is 0 Å². The van der Waals surface area contributed by atoms with Crippen molar-refractivity contribution in [3.05, 3.63) is 24.0 Å². The van der Waals surface area contributed by atoms with E-state index < -0.39 is 0 Å². The molecule has 0 aliphatic rings. The summed E-state index contributed by atoms with van der Waals surface area (Å²) in [6.45, 7) is 4.22. The van der Waals surface area contributed by atoms with E-state index >= 15 is 0 Å². The van der Waals surface area contributed by atoms with E-state index in [2.05, 4.69) is 10.1 Å². The van der Waals surface area contributed by atoms with Gasteiger partial charge in [-0.15, -0.1) is 0 Å². The number of phenolic OH excluding ortho intramolecular Hbond substituents is 2. The number of ether oxygens (including phenoxy) is 1. The van der Waals surface area contributed by atoms with Crippen LogP contribution in [0.4, 0.5) is 0 Å². The molecule has 6 heteroatoms. The molecule has 2 N–H and O–H groups in total. The van der Waals surface area contributed by atoms with Crippen LogP contribution in [0, 0.1) is 0 Å². The smallest absolute Gasteiger partial charge is 0.261 e. The third kappa shape index (κ3) is 2.43. The predicted octanol–water partition coefficient (Wildman–Crippen LogP) is 2.25. The van der Waals surface area contributed by atoms with Crippen LogP contribution in [0.2, 0.25) is 0 Å². The van der Waals surface area contributed by atoms with Crippen LogP contribution >= 0.6 is 0 Å². The molecule has 1 aromatic heterocycles. The van der Waals surface area contributed by atoms with Crippen molar-refractivity contribution in [1.29, 1.82) is 0 Å². The second-order valence-corrected chi connectivity index (χ2v) is 3.76. The Morgan fingerprint density at radius 1 is 1.39 bits per heavy atom. The first-order valence-corrected chi connectivity index (χ1v) is 5.59. The average Bonchev–Trinajstić information content (AvgIpc) is 2.82. The van der Waals surface area contributed by atoms with Crippen molar-refractivity contribution in [2.75, 3.05) is 6.61 Å². The molecule has 0 saturated heterocycles. The van der Waals surface area contributed by atoms with Gasteiger partial charge in [-0.2, -0.15) is 4.98 Å². The van der Waals surface area contributed by atoms with E-state index in [1.54, 1.807) is 6.92 Å². The Kier molecular flexibility index (Phi) is 3.47. The van der Waals surface area contributed by atoms with Gasteiger partial charge in [0.05, 0.1) is 5.56 Å². The molecule has 2 aromatic rings. The first kappa shape index (κ1) is 12.4. The quantitative estimate of drug-likeness (QED) is 0.809. The van der Waals surface area contributed by atoms with Gasteiger partial charge in [0, 0.05) is 6.61 Å². The van der Waals surface area contributed by atoms with Crippen molar-refractivity contribution in [2.45, 2.75) is 20.0 Å². The molecule has 0 radical (unpaired) electrons. The fourth-order valence-electron chi connectivity index (χ4n) is 1.53. The minimum absolute atomic E-state index is 0.0143. The molecule has 0 bridgehead atoms. The molecule has 96 valence electrons. The molecule has 18 heavy (non-hydrogen) atoms. The van der Waals surface area contributed by atoms with Crippen LogP contribution in [0.15, 0.2) is 22.7 Å². The van der Waals surface area contributed by atoms with Crippen LogP contribution < -0.4 is 0 Å². The van der Waals surface area contributed by atoms with E-state index in [0.717, 1.165) is 0 Å². The van der Waals surface area contributed by atoms with Crippen LogP contribution in [0.5, 0.6) is 11.5 Å². The predicted molar refractivity (Wildman–Crippen MR) is 63.1 cm³/mol. The van der Waals surface area contributed by atoms with Gasteiger partial charge in [-0.1, -0.05) is 5.16 Å². The van der Waals surface area contributed by atoms with Gasteiger partial charge >= 0.3 is 0 Å². The highest BCUT2D eigenvalue weighted by Gasteiger charge is 2.17. The highest BCUT2D eigenvalue weighted by atomic mass is 16.5. The van der Waals surface area contributed by atoms with Gasteiger partial charge < -0.3 is 19.5 Å². The Labute approximate surface area is 104 Å². The van der Waals surface area contributed by atoms with E-state index in [9.17, 15) is 10.2 Å². The average molecular weight is 250 g/mol. The summed E-state index contributed by atoms with van der Waals surface area (Å²) < 4.78 is 10.4. The number of phenols is 2. The van der Waals surface area contributed by atoms with Gasteiger partial charge in [-0.05, 0) is 32.0 Å². The fraction of sp³-hybridized carbons (Fsp3) is 0.333. The molecule has 0 aliphatic carbocycles. The molecule has 0 saturated carbocycles. The van der Waals surface area contributed by atoms with Crippen molar-refractivity contribution in [1.82, 2.24) is 10.1 Å². The second-order valence-electron chi connectivity index (χ2n) is 3.76. The van der Waals surface area contributed by atoms with Gasteiger partial charge in [-0.3, -0.25) is 0 Å². The lowest BCUT2D eigenvalue weighted by molar-refractivity contribution is 0.0683. The number of hydrogen-bond donors (Lipinski definition) is 2. The van der Waals surface area contributed by atoms with Gasteiger partial charge in [0.1, 0.15) is 17.6 Å². The summed E-state index contributed by atoms with van der Waals surface area (Å²) in [4.78, 5) is 4.13. The van der Waals surface area contributed by atoms with E-state index in [-0.39, 0.29) is 29.1 Å². The minimum Gasteiger partial charge on any atom is -0.508 e. The minimum atomic E-state index is -0.285. The Morgan fingerprint density at radius 3 is 2.89 bits per heavy atom. The Balaban J connectivity index is 2.32. The maximum absolute atomic E-state index is 9.67. The van der Waals surface area contributed by atoms with Crippen molar-refractivity contribution < 1.29 is 19.5 Å². The lowest BCUT2D eigenvalue weighted by atomic mass is 10.2. The van der Waals surface area contributed by atoms with Crippen molar-refractivity contribution in [3.8, 4) is 23.0 Å². The molecular formula is C12H14N2O4. The zero-order valence-corrected chi connectivity index (χ0v) is 10.1. The monoisotopic (exact) mass is 250 g/mol. The number of nitrogens with zero attached hydrogens (tertiary/aromatic N) is 2. The lowest BCUT2D eigenvalue weighted by Crippen LogP contribution is -2.01. The Morgan fingerprint density at radius 2 is 2.17 bits per heavy atom. The number of aromatic hydroxyl groups is 2. The van der Waals surface area contributed by atoms with Gasteiger partial charge in [-0.25, -0.2) is 0 Å². The van der Waals surface area contributed by atoms with Gasteiger partial charge in [0.2, 0.25) is 5.82 Å².